The lowest BCUT2D eigenvalue weighted by Crippen LogP contribution is -2.58. The summed E-state index contributed by atoms with van der Waals surface area (Å²) in [6.45, 7) is 16.2. The number of nitrogens with one attached hydrogen (secondary N) is 7. The Morgan fingerprint density at radius 2 is 1.55 bits per heavy atom. The Labute approximate surface area is 515 Å². The van der Waals surface area contributed by atoms with E-state index in [1.165, 1.54) is 31.5 Å². The lowest BCUT2D eigenvalue weighted by atomic mass is 9.92. The zero-order valence-electron chi connectivity index (χ0n) is 52.2. The van der Waals surface area contributed by atoms with Crippen LogP contribution in [0.15, 0.2) is 41.8 Å². The fourth-order valence-corrected chi connectivity index (χ4v) is 11.4. The number of ether oxygens (including phenoxy) is 1. The van der Waals surface area contributed by atoms with E-state index in [4.69, 9.17) is 10.5 Å². The van der Waals surface area contributed by atoms with E-state index >= 15 is 0 Å². The average molecular weight is 1240 g/mol. The van der Waals surface area contributed by atoms with Crippen LogP contribution in [0.5, 0.6) is 0 Å². The van der Waals surface area contributed by atoms with Crippen LogP contribution in [0.1, 0.15) is 166 Å². The first-order chi connectivity index (χ1) is 41.3. The highest BCUT2D eigenvalue weighted by Gasteiger charge is 2.39. The first-order valence-corrected chi connectivity index (χ1v) is 31.4. The Bertz CT molecular complexity index is 2700. The number of primary amides is 1. The topological polar surface area (TPSA) is 350 Å². The van der Waals surface area contributed by atoms with Gasteiger partial charge < -0.3 is 57.7 Å². The molecule has 0 unspecified atom stereocenters. The number of anilines is 1. The number of thiazole rings is 1. The van der Waals surface area contributed by atoms with Gasteiger partial charge in [0.1, 0.15) is 28.8 Å². The van der Waals surface area contributed by atoms with Crippen molar-refractivity contribution in [2.24, 2.45) is 29.4 Å². The van der Waals surface area contributed by atoms with Crippen molar-refractivity contribution in [2.75, 3.05) is 45.6 Å². The highest BCUT2D eigenvalue weighted by molar-refractivity contribution is 7.09. The third kappa shape index (κ3) is 22.6. The number of carbonyl (C=O) groups is 11. The molecule has 87 heavy (non-hydrogen) atoms. The molecule has 0 saturated carbocycles. The molecule has 2 aliphatic heterocycles. The summed E-state index contributed by atoms with van der Waals surface area (Å²) in [5.74, 6) is -6.42. The molecule has 4 rings (SSSR count). The fourth-order valence-electron chi connectivity index (χ4n) is 10.6. The number of para-hydroxylation sites is 1. The molecule has 0 bridgehead atoms. The number of hydrogen-bond acceptors (Lipinski definition) is 15. The van der Waals surface area contributed by atoms with Gasteiger partial charge in [0.05, 0.1) is 12.0 Å². The Morgan fingerprint density at radius 1 is 0.851 bits per heavy atom. The van der Waals surface area contributed by atoms with Crippen LogP contribution in [0, 0.1) is 23.7 Å². The number of carbonyl (C=O) groups excluding carboxylic acids is 10. The number of nitrogens with two attached hydrogens (primary N) is 1. The van der Waals surface area contributed by atoms with Crippen LogP contribution < -0.4 is 43.0 Å². The first-order valence-electron chi connectivity index (χ1n) is 30.5. The van der Waals surface area contributed by atoms with Crippen molar-refractivity contribution in [3.8, 4) is 0 Å². The van der Waals surface area contributed by atoms with E-state index in [1.807, 2.05) is 46.6 Å². The quantitative estimate of drug-likeness (QED) is 0.0314. The third-order valence-corrected chi connectivity index (χ3v) is 16.8. The van der Waals surface area contributed by atoms with Crippen LogP contribution in [-0.2, 0) is 49.5 Å². The maximum absolute atomic E-state index is 14.9. The zero-order valence-corrected chi connectivity index (χ0v) is 53.1. The number of piperidine rings is 1. The number of likely N-dealkylation sites (tertiary alicyclic amines) is 1. The molecule has 26 heteroatoms. The van der Waals surface area contributed by atoms with Crippen molar-refractivity contribution < 1.29 is 62.6 Å². The minimum Gasteiger partial charge on any atom is -0.481 e. The van der Waals surface area contributed by atoms with Gasteiger partial charge in [0.15, 0.2) is 6.10 Å². The van der Waals surface area contributed by atoms with Gasteiger partial charge in [-0.3, -0.25) is 53.0 Å². The third-order valence-electron chi connectivity index (χ3n) is 15.9. The van der Waals surface area contributed by atoms with E-state index in [0.717, 1.165) is 35.6 Å². The molecule has 9 atom stereocenters. The van der Waals surface area contributed by atoms with Crippen molar-refractivity contribution in [2.45, 2.75) is 188 Å². The van der Waals surface area contributed by atoms with Crippen molar-refractivity contribution in [3.63, 3.8) is 0 Å². The summed E-state index contributed by atoms with van der Waals surface area (Å²) in [6, 6.07) is 1.11. The molecule has 1 fully saturated rings. The normalized spacial score (nSPS) is 17.0. The maximum atomic E-state index is 14.9. The first kappa shape index (κ1) is 72.0. The summed E-state index contributed by atoms with van der Waals surface area (Å²) in [5.41, 5.74) is 6.03. The minimum atomic E-state index is -1.20. The summed E-state index contributed by atoms with van der Waals surface area (Å²) in [4.78, 5) is 155. The standard InChI is InChI=1S/C61H94N12O13S/c1-11-29-72(58(81)52(38(7)12-2)70-55(79)45-24-17-19-30-71(45)10)46(36(3)4)34-47(86-61(85)63-9)57-68-44(35-87-57)54(78)65-41(32-39(8)59(82)83)33-40-21-15-16-22-42(40)66-53(77)43(23-20-28-64-60(62)84)67-56(80)51(37(5)6)69-48(74)25-14-13-18-31-73-49(75)26-27-50(73)76/h15-16,21-22,26-27,35-39,41,43,45-47,51-52H,11-14,17-20,23-25,28-34H2,1-10H3,(H,63,85)(H,65,78)(H,66,77)(H,67,80)(H,69,74)(H,70,79)(H,82,83)(H3,62,64,84)/t38-,39-,41+,43-,45+,46+,47+,51-,52-/m0/s1. The molecule has 25 nitrogen and oxygen atoms in total. The van der Waals surface area contributed by atoms with Gasteiger partial charge in [-0.2, -0.15) is 0 Å². The number of carboxylic acid groups (broad SMARTS) is 1. The summed E-state index contributed by atoms with van der Waals surface area (Å²) >= 11 is 1.07. The lowest BCUT2D eigenvalue weighted by molar-refractivity contribution is -0.143. The molecule has 11 amide bonds. The van der Waals surface area contributed by atoms with Gasteiger partial charge in [0, 0.05) is 74.8 Å². The van der Waals surface area contributed by atoms with Crippen molar-refractivity contribution >= 4 is 82.4 Å². The molecule has 2 aliphatic rings. The van der Waals surface area contributed by atoms with E-state index in [2.05, 4.69) is 42.2 Å². The molecule has 1 saturated heterocycles. The second-order valence-corrected chi connectivity index (χ2v) is 24.3. The number of hydrogen-bond donors (Lipinski definition) is 9. The van der Waals surface area contributed by atoms with Gasteiger partial charge in [-0.05, 0) is 101 Å². The molecule has 1 aromatic heterocycles. The highest BCUT2D eigenvalue weighted by Crippen LogP contribution is 2.32. The van der Waals surface area contributed by atoms with Crippen LogP contribution in [0.3, 0.4) is 0 Å². The largest absolute Gasteiger partial charge is 0.481 e. The molecule has 0 radical (unpaired) electrons. The number of benzene rings is 1. The van der Waals surface area contributed by atoms with Crippen LogP contribution in [0.4, 0.5) is 15.3 Å². The number of alkyl carbamates (subject to hydrolysis) is 1. The van der Waals surface area contributed by atoms with Crippen molar-refractivity contribution in [1.82, 2.24) is 51.6 Å². The number of urea groups is 1. The van der Waals surface area contributed by atoms with Crippen LogP contribution in [0.25, 0.3) is 0 Å². The molecule has 10 N–H and O–H groups in total. The summed E-state index contributed by atoms with van der Waals surface area (Å²) in [5, 5.41) is 31.3. The molecule has 0 aliphatic carbocycles. The van der Waals surface area contributed by atoms with Gasteiger partial charge in [-0.25, -0.2) is 14.6 Å². The molecule has 482 valence electrons. The Hall–Kier alpha value is -7.48. The van der Waals surface area contributed by atoms with Gasteiger partial charge in [0.2, 0.25) is 29.5 Å². The zero-order chi connectivity index (χ0) is 64.5. The van der Waals surface area contributed by atoms with E-state index < -0.39 is 89.9 Å². The van der Waals surface area contributed by atoms with Gasteiger partial charge in [-0.15, -0.1) is 11.3 Å². The predicted molar refractivity (Wildman–Crippen MR) is 329 cm³/mol. The van der Waals surface area contributed by atoms with E-state index in [9.17, 15) is 57.8 Å². The Kier molecular flexibility index (Phi) is 29.8. The van der Waals surface area contributed by atoms with Gasteiger partial charge >= 0.3 is 18.1 Å². The smallest absolute Gasteiger partial charge is 0.407 e. The SMILES string of the molecule is CCCN(C(=O)[C@@H](NC(=O)[C@H]1CCCCN1C)[C@@H](C)CC)[C@H](C[C@@H](OC(=O)NC)c1nc(C(=O)N[C@@H](Cc2ccccc2NC(=O)[C@H](CCCNC(N)=O)NC(=O)[C@@H](NC(=O)CCCCCN2C(=O)C=CC2=O)C(C)C)C[C@H](C)C(=O)O)cs1)C(C)C. The van der Waals surface area contributed by atoms with Crippen LogP contribution in [0.2, 0.25) is 0 Å². The summed E-state index contributed by atoms with van der Waals surface area (Å²) in [7, 11) is 3.33. The number of likely N-dealkylation sites (N-methyl/N-ethyl adjacent to an activating group) is 1. The molecular weight excluding hydrogens is 1140 g/mol. The van der Waals surface area contributed by atoms with E-state index in [-0.39, 0.29) is 110 Å². The van der Waals surface area contributed by atoms with Crippen LogP contribution >= 0.6 is 11.3 Å². The summed E-state index contributed by atoms with van der Waals surface area (Å²) in [6.07, 6.45) is 6.23. The second-order valence-electron chi connectivity index (χ2n) is 23.4. The fraction of sp³-hybridized carbons (Fsp3) is 0.639. The number of aliphatic carboxylic acids is 1. The predicted octanol–water partition coefficient (Wildman–Crippen LogP) is 5.16. The Balaban J connectivity index is 1.55. The number of nitrogens with zero attached hydrogens (tertiary/aromatic N) is 4. The second kappa shape index (κ2) is 36.0. The lowest BCUT2D eigenvalue weighted by Gasteiger charge is -2.40. The Morgan fingerprint density at radius 3 is 2.17 bits per heavy atom. The minimum absolute atomic E-state index is 0.0127. The number of amides is 11. The molecule has 1 aromatic carbocycles. The number of imide groups is 1. The number of unbranched alkanes of at least 4 members (excludes halogenated alkanes) is 2. The van der Waals surface area contributed by atoms with E-state index in [1.54, 1.807) is 43.0 Å². The summed E-state index contributed by atoms with van der Waals surface area (Å²) < 4.78 is 5.96. The molecule has 0 spiro atoms. The molecule has 2 aromatic rings. The van der Waals surface area contributed by atoms with Gasteiger partial charge in [-0.1, -0.05) is 92.9 Å². The van der Waals surface area contributed by atoms with E-state index in [0.29, 0.717) is 50.6 Å². The van der Waals surface area contributed by atoms with Crippen LogP contribution in [-0.4, -0.2) is 167 Å². The number of carboxylic acids is 1. The number of rotatable bonds is 36. The van der Waals surface area contributed by atoms with Gasteiger partial charge in [0.25, 0.3) is 17.7 Å². The van der Waals surface area contributed by atoms with Crippen molar-refractivity contribution in [1.29, 1.82) is 0 Å². The maximum Gasteiger partial charge on any atom is 0.407 e. The van der Waals surface area contributed by atoms with Crippen molar-refractivity contribution in [3.05, 3.63) is 58.1 Å². The molecule has 3 heterocycles. The monoisotopic (exact) mass is 1230 g/mol. The number of aromatic nitrogens is 1. The highest BCUT2D eigenvalue weighted by atomic mass is 32.1. The average Bonchev–Trinajstić information content (AvgIpc) is 3.08. The molecular formula is C61H94N12O13S.